The van der Waals surface area contributed by atoms with Crippen molar-refractivity contribution in [2.45, 2.75) is 27.2 Å². The van der Waals surface area contributed by atoms with Gasteiger partial charge in [-0.3, -0.25) is 0 Å². The standard InChI is InChI=1S/C5H8O3.C3H8/c1-2-8-4-3-5(6)7;1-3-2/h3-4H,2H2,1H3,(H,6,7);3H2,1-2H3. The van der Waals surface area contributed by atoms with Crippen LogP contribution in [0.4, 0.5) is 0 Å². The number of hydrogen-bond acceptors (Lipinski definition) is 2. The predicted octanol–water partition coefficient (Wildman–Crippen LogP) is 2.04. The van der Waals surface area contributed by atoms with E-state index in [2.05, 4.69) is 18.6 Å². The van der Waals surface area contributed by atoms with Gasteiger partial charge in [0.15, 0.2) is 0 Å². The van der Waals surface area contributed by atoms with Crippen LogP contribution in [0.15, 0.2) is 12.3 Å². The highest BCUT2D eigenvalue weighted by molar-refractivity contribution is 5.79. The Morgan fingerprint density at radius 1 is 1.45 bits per heavy atom. The van der Waals surface area contributed by atoms with E-state index >= 15 is 0 Å². The third kappa shape index (κ3) is 27.5. The molecule has 0 aromatic carbocycles. The van der Waals surface area contributed by atoms with Crippen molar-refractivity contribution in [1.82, 2.24) is 0 Å². The van der Waals surface area contributed by atoms with Gasteiger partial charge in [0.05, 0.1) is 18.9 Å². The molecule has 3 nitrogen and oxygen atoms in total. The first-order valence-electron chi connectivity index (χ1n) is 3.70. The third-order valence-corrected chi connectivity index (χ3v) is 0.474. The second-order valence-corrected chi connectivity index (χ2v) is 1.80. The topological polar surface area (TPSA) is 46.5 Å². The number of carboxylic acids is 1. The smallest absolute Gasteiger partial charge is 0.331 e. The van der Waals surface area contributed by atoms with Gasteiger partial charge < -0.3 is 9.84 Å². The fourth-order valence-electron chi connectivity index (χ4n) is 0.203. The van der Waals surface area contributed by atoms with Crippen LogP contribution in [0.3, 0.4) is 0 Å². The summed E-state index contributed by atoms with van der Waals surface area (Å²) in [4.78, 5) is 9.71. The van der Waals surface area contributed by atoms with Gasteiger partial charge in [-0.1, -0.05) is 20.3 Å². The Hall–Kier alpha value is -0.990. The van der Waals surface area contributed by atoms with Crippen molar-refractivity contribution in [1.29, 1.82) is 0 Å². The molecule has 0 aliphatic carbocycles. The number of aliphatic carboxylic acids is 1. The quantitative estimate of drug-likeness (QED) is 0.507. The Bertz CT molecular complexity index is 108. The van der Waals surface area contributed by atoms with Gasteiger partial charge in [-0.15, -0.1) is 0 Å². The SMILES string of the molecule is CCC.CCOC=CC(=O)O. The first-order valence-corrected chi connectivity index (χ1v) is 3.70. The van der Waals surface area contributed by atoms with Gasteiger partial charge in [-0.05, 0) is 6.92 Å². The van der Waals surface area contributed by atoms with Gasteiger partial charge in [0.1, 0.15) is 0 Å². The fraction of sp³-hybridized carbons (Fsp3) is 0.625. The first-order chi connectivity index (χ1) is 5.18. The second kappa shape index (κ2) is 11.8. The van der Waals surface area contributed by atoms with Gasteiger partial charge >= 0.3 is 5.97 Å². The molecule has 3 heteroatoms. The molecule has 0 amide bonds. The van der Waals surface area contributed by atoms with Crippen LogP contribution in [0.2, 0.25) is 0 Å². The lowest BCUT2D eigenvalue weighted by atomic mass is 10.6. The summed E-state index contributed by atoms with van der Waals surface area (Å²) in [6.07, 6.45) is 3.35. The van der Waals surface area contributed by atoms with Crippen LogP contribution in [-0.2, 0) is 9.53 Å². The van der Waals surface area contributed by atoms with Crippen LogP contribution in [0.1, 0.15) is 27.2 Å². The largest absolute Gasteiger partial charge is 0.501 e. The molecule has 1 N–H and O–H groups in total. The average Bonchev–Trinajstić information content (AvgIpc) is 1.89. The van der Waals surface area contributed by atoms with E-state index in [-0.39, 0.29) is 0 Å². The minimum atomic E-state index is -0.988. The van der Waals surface area contributed by atoms with Crippen molar-refractivity contribution in [2.24, 2.45) is 0 Å². The molecule has 0 fully saturated rings. The Balaban J connectivity index is 0. The highest BCUT2D eigenvalue weighted by atomic mass is 16.5. The zero-order valence-electron chi connectivity index (χ0n) is 7.33. The summed E-state index contributed by atoms with van der Waals surface area (Å²) in [6, 6.07) is 0. The van der Waals surface area contributed by atoms with E-state index in [9.17, 15) is 4.79 Å². The molecule has 0 saturated carbocycles. The Kier molecular flexibility index (Phi) is 13.5. The zero-order chi connectivity index (χ0) is 9.11. The van der Waals surface area contributed by atoms with E-state index in [0.29, 0.717) is 6.61 Å². The van der Waals surface area contributed by atoms with Gasteiger partial charge in [0, 0.05) is 0 Å². The molecule has 0 radical (unpaired) electrons. The summed E-state index contributed by atoms with van der Waals surface area (Å²) in [5, 5.41) is 7.97. The molecule has 0 spiro atoms. The summed E-state index contributed by atoms with van der Waals surface area (Å²) in [5.41, 5.74) is 0. The summed E-state index contributed by atoms with van der Waals surface area (Å²) >= 11 is 0. The lowest BCUT2D eigenvalue weighted by molar-refractivity contribution is -0.131. The van der Waals surface area contributed by atoms with Crippen molar-refractivity contribution in [3.05, 3.63) is 12.3 Å². The average molecular weight is 160 g/mol. The van der Waals surface area contributed by atoms with Gasteiger partial charge in [0.25, 0.3) is 0 Å². The van der Waals surface area contributed by atoms with Crippen molar-refractivity contribution in [2.75, 3.05) is 6.61 Å². The van der Waals surface area contributed by atoms with E-state index in [1.165, 1.54) is 6.42 Å². The van der Waals surface area contributed by atoms with Crippen LogP contribution >= 0.6 is 0 Å². The molecule has 11 heavy (non-hydrogen) atoms. The lowest BCUT2D eigenvalue weighted by Crippen LogP contribution is -1.87. The van der Waals surface area contributed by atoms with Crippen LogP contribution < -0.4 is 0 Å². The van der Waals surface area contributed by atoms with E-state index in [1.54, 1.807) is 6.92 Å². The molecule has 0 aliphatic heterocycles. The fourth-order valence-corrected chi connectivity index (χ4v) is 0.203. The van der Waals surface area contributed by atoms with E-state index in [4.69, 9.17) is 5.11 Å². The Labute approximate surface area is 67.7 Å². The summed E-state index contributed by atoms with van der Waals surface area (Å²) in [5.74, 6) is -0.988. The van der Waals surface area contributed by atoms with Crippen molar-refractivity contribution < 1.29 is 14.6 Å². The van der Waals surface area contributed by atoms with Gasteiger partial charge in [0.2, 0.25) is 0 Å². The molecule has 0 bridgehead atoms. The molecule has 0 saturated heterocycles. The number of carbonyl (C=O) groups is 1. The molecular weight excluding hydrogens is 144 g/mol. The third-order valence-electron chi connectivity index (χ3n) is 0.474. The van der Waals surface area contributed by atoms with Crippen molar-refractivity contribution >= 4 is 5.97 Å². The van der Waals surface area contributed by atoms with Crippen molar-refractivity contribution in [3.63, 3.8) is 0 Å². The monoisotopic (exact) mass is 160 g/mol. The summed E-state index contributed by atoms with van der Waals surface area (Å²) in [6.45, 7) is 6.54. The van der Waals surface area contributed by atoms with Crippen LogP contribution in [0.25, 0.3) is 0 Å². The highest BCUT2D eigenvalue weighted by Gasteiger charge is 1.81. The van der Waals surface area contributed by atoms with Crippen LogP contribution in [-0.4, -0.2) is 17.7 Å². The minimum absolute atomic E-state index is 0.504. The summed E-state index contributed by atoms with van der Waals surface area (Å²) < 4.78 is 4.58. The molecule has 0 aliphatic rings. The highest BCUT2D eigenvalue weighted by Crippen LogP contribution is 1.74. The van der Waals surface area contributed by atoms with E-state index < -0.39 is 5.97 Å². The van der Waals surface area contributed by atoms with Crippen molar-refractivity contribution in [3.8, 4) is 0 Å². The maximum Gasteiger partial charge on any atom is 0.331 e. The predicted molar refractivity (Wildman–Crippen MR) is 44.4 cm³/mol. The Morgan fingerprint density at radius 2 is 1.91 bits per heavy atom. The molecule has 66 valence electrons. The molecule has 0 aromatic rings. The number of hydrogen-bond donors (Lipinski definition) is 1. The molecule has 0 heterocycles. The van der Waals surface area contributed by atoms with E-state index in [1.807, 2.05) is 0 Å². The number of ether oxygens (including phenoxy) is 1. The maximum absolute atomic E-state index is 9.71. The second-order valence-electron chi connectivity index (χ2n) is 1.80. The van der Waals surface area contributed by atoms with E-state index in [0.717, 1.165) is 12.3 Å². The lowest BCUT2D eigenvalue weighted by Gasteiger charge is -1.87. The van der Waals surface area contributed by atoms with Crippen LogP contribution in [0, 0.1) is 0 Å². The van der Waals surface area contributed by atoms with Gasteiger partial charge in [-0.2, -0.15) is 0 Å². The van der Waals surface area contributed by atoms with Crippen LogP contribution in [0.5, 0.6) is 0 Å². The maximum atomic E-state index is 9.71. The molecule has 0 atom stereocenters. The zero-order valence-corrected chi connectivity index (χ0v) is 7.33. The molecule has 0 aromatic heterocycles. The Morgan fingerprint density at radius 3 is 2.18 bits per heavy atom. The molecule has 0 rings (SSSR count). The first kappa shape index (κ1) is 12.7. The molecular formula is C8H16O3. The summed E-state index contributed by atoms with van der Waals surface area (Å²) in [7, 11) is 0. The molecule has 0 unspecified atom stereocenters. The number of carboxylic acid groups (broad SMARTS) is 1. The minimum Gasteiger partial charge on any atom is -0.501 e. The van der Waals surface area contributed by atoms with Gasteiger partial charge in [-0.25, -0.2) is 4.79 Å². The number of rotatable bonds is 3. The normalized spacial score (nSPS) is 8.64.